The van der Waals surface area contributed by atoms with Crippen LogP contribution in [0.5, 0.6) is 0 Å². The van der Waals surface area contributed by atoms with Gasteiger partial charge in [-0.05, 0) is 37.8 Å². The lowest BCUT2D eigenvalue weighted by atomic mass is 9.94. The molecule has 94 valence electrons. The summed E-state index contributed by atoms with van der Waals surface area (Å²) < 4.78 is 22.9. The number of hydrogen-bond acceptors (Lipinski definition) is 3. The summed E-state index contributed by atoms with van der Waals surface area (Å²) >= 11 is 0. The molecule has 4 heteroatoms. The van der Waals surface area contributed by atoms with Gasteiger partial charge in [0.05, 0.1) is 4.75 Å². The Balaban J connectivity index is 2.38. The minimum absolute atomic E-state index is 0.389. The van der Waals surface area contributed by atoms with Crippen molar-refractivity contribution < 1.29 is 8.42 Å². The molecule has 3 nitrogen and oxygen atoms in total. The minimum Gasteiger partial charge on any atom is -0.322 e. The molecule has 0 atom stereocenters. The SMILES string of the molecule is CC(C)(N)c1ccc(C2(S(C)(=O)=O)CC2)cc1. The van der Waals surface area contributed by atoms with E-state index in [1.807, 2.05) is 38.1 Å². The van der Waals surface area contributed by atoms with Crippen LogP contribution < -0.4 is 5.73 Å². The van der Waals surface area contributed by atoms with E-state index < -0.39 is 14.6 Å². The second kappa shape index (κ2) is 3.56. The van der Waals surface area contributed by atoms with Crippen LogP contribution in [0.25, 0.3) is 0 Å². The smallest absolute Gasteiger partial charge is 0.157 e. The Hall–Kier alpha value is -0.870. The number of benzene rings is 1. The van der Waals surface area contributed by atoms with E-state index in [0.29, 0.717) is 0 Å². The maximum atomic E-state index is 11.8. The van der Waals surface area contributed by atoms with Crippen LogP contribution in [0.2, 0.25) is 0 Å². The summed E-state index contributed by atoms with van der Waals surface area (Å²) in [6.45, 7) is 3.87. The predicted octanol–water partition coefficient (Wildman–Crippen LogP) is 1.91. The first-order valence-corrected chi connectivity index (χ1v) is 7.65. The van der Waals surface area contributed by atoms with Crippen LogP contribution in [0.1, 0.15) is 37.8 Å². The molecule has 0 bridgehead atoms. The van der Waals surface area contributed by atoms with Gasteiger partial charge in [-0.2, -0.15) is 0 Å². The first-order chi connectivity index (χ1) is 7.67. The summed E-state index contributed by atoms with van der Waals surface area (Å²) in [6, 6.07) is 7.66. The van der Waals surface area contributed by atoms with Crippen molar-refractivity contribution in [3.63, 3.8) is 0 Å². The fourth-order valence-electron chi connectivity index (χ4n) is 2.19. The summed E-state index contributed by atoms with van der Waals surface area (Å²) in [5.41, 5.74) is 7.53. The molecule has 0 spiro atoms. The molecule has 2 N–H and O–H groups in total. The summed E-state index contributed by atoms with van der Waals surface area (Å²) in [4.78, 5) is 0. The van der Waals surface area contributed by atoms with E-state index in [2.05, 4.69) is 0 Å². The molecule has 0 heterocycles. The van der Waals surface area contributed by atoms with Crippen LogP contribution in [-0.4, -0.2) is 14.7 Å². The zero-order chi connectivity index (χ0) is 12.9. The molecule has 17 heavy (non-hydrogen) atoms. The van der Waals surface area contributed by atoms with Gasteiger partial charge in [0.25, 0.3) is 0 Å². The van der Waals surface area contributed by atoms with Crippen LogP contribution in [-0.2, 0) is 20.1 Å². The Labute approximate surface area is 103 Å². The largest absolute Gasteiger partial charge is 0.322 e. The zero-order valence-electron chi connectivity index (χ0n) is 10.5. The molecule has 0 amide bonds. The highest BCUT2D eigenvalue weighted by molar-refractivity contribution is 7.92. The molecule has 0 unspecified atom stereocenters. The Morgan fingerprint density at radius 3 is 1.94 bits per heavy atom. The van der Waals surface area contributed by atoms with Crippen LogP contribution in [0.3, 0.4) is 0 Å². The molecule has 0 saturated heterocycles. The molecule has 1 aromatic carbocycles. The summed E-state index contributed by atoms with van der Waals surface area (Å²) in [7, 11) is -3.02. The third-order valence-electron chi connectivity index (χ3n) is 3.57. The minimum atomic E-state index is -3.02. The number of rotatable bonds is 3. The highest BCUT2D eigenvalue weighted by Crippen LogP contribution is 2.52. The second-order valence-corrected chi connectivity index (χ2v) is 7.89. The normalized spacial score (nSPS) is 19.1. The average molecular weight is 253 g/mol. The van der Waals surface area contributed by atoms with Crippen LogP contribution in [0.15, 0.2) is 24.3 Å². The maximum absolute atomic E-state index is 11.8. The van der Waals surface area contributed by atoms with Crippen LogP contribution >= 0.6 is 0 Å². The van der Waals surface area contributed by atoms with E-state index in [0.717, 1.165) is 24.0 Å². The molecule has 1 fully saturated rings. The van der Waals surface area contributed by atoms with Crippen LogP contribution in [0, 0.1) is 0 Å². The highest BCUT2D eigenvalue weighted by atomic mass is 32.2. The molecule has 0 aliphatic heterocycles. The third kappa shape index (κ3) is 2.11. The van der Waals surface area contributed by atoms with E-state index >= 15 is 0 Å². The zero-order valence-corrected chi connectivity index (χ0v) is 11.3. The Bertz CT molecular complexity index is 520. The fraction of sp³-hybridized carbons (Fsp3) is 0.538. The molecule has 0 radical (unpaired) electrons. The first kappa shape index (κ1) is 12.6. The summed E-state index contributed by atoms with van der Waals surface area (Å²) in [6.07, 6.45) is 2.79. The molecule has 1 aromatic rings. The van der Waals surface area contributed by atoms with Gasteiger partial charge in [0.15, 0.2) is 9.84 Å². The number of nitrogens with two attached hydrogens (primary N) is 1. The van der Waals surface area contributed by atoms with E-state index in [1.54, 1.807) is 0 Å². The first-order valence-electron chi connectivity index (χ1n) is 5.76. The number of sulfone groups is 1. The fourth-order valence-corrected chi connectivity index (χ4v) is 3.60. The predicted molar refractivity (Wildman–Crippen MR) is 69.4 cm³/mol. The standard InChI is InChI=1S/C13H19NO2S/c1-12(2,14)10-4-6-11(7-5-10)13(8-9-13)17(3,15)16/h4-7H,8-9,14H2,1-3H3. The number of hydrogen-bond donors (Lipinski definition) is 1. The van der Waals surface area contributed by atoms with Gasteiger partial charge in [0.2, 0.25) is 0 Å². The van der Waals surface area contributed by atoms with Gasteiger partial charge in [-0.15, -0.1) is 0 Å². The second-order valence-electron chi connectivity index (χ2n) is 5.57. The van der Waals surface area contributed by atoms with Gasteiger partial charge >= 0.3 is 0 Å². The molecular weight excluding hydrogens is 234 g/mol. The van der Waals surface area contributed by atoms with Crippen molar-refractivity contribution in [3.05, 3.63) is 35.4 Å². The summed E-state index contributed by atoms with van der Waals surface area (Å²) in [5, 5.41) is 0. The molecule has 2 rings (SSSR count). The summed E-state index contributed by atoms with van der Waals surface area (Å²) in [5.74, 6) is 0. The van der Waals surface area contributed by atoms with E-state index in [9.17, 15) is 8.42 Å². The van der Waals surface area contributed by atoms with Crippen molar-refractivity contribution in [2.24, 2.45) is 5.73 Å². The van der Waals surface area contributed by atoms with Gasteiger partial charge in [0, 0.05) is 11.8 Å². The quantitative estimate of drug-likeness (QED) is 0.895. The lowest BCUT2D eigenvalue weighted by molar-refractivity contribution is 0.554. The van der Waals surface area contributed by atoms with Crippen molar-refractivity contribution in [1.29, 1.82) is 0 Å². The molecule has 1 aliphatic rings. The van der Waals surface area contributed by atoms with E-state index in [1.165, 1.54) is 6.26 Å². The van der Waals surface area contributed by atoms with Crippen molar-refractivity contribution in [2.45, 2.75) is 37.0 Å². The van der Waals surface area contributed by atoms with Gasteiger partial charge in [0.1, 0.15) is 0 Å². The van der Waals surface area contributed by atoms with Gasteiger partial charge in [-0.25, -0.2) is 8.42 Å². The lowest BCUT2D eigenvalue weighted by Gasteiger charge is -2.20. The highest BCUT2D eigenvalue weighted by Gasteiger charge is 2.53. The third-order valence-corrected chi connectivity index (χ3v) is 5.63. The topological polar surface area (TPSA) is 60.2 Å². The average Bonchev–Trinajstić information content (AvgIpc) is 2.96. The van der Waals surface area contributed by atoms with Gasteiger partial charge in [-0.3, -0.25) is 0 Å². The van der Waals surface area contributed by atoms with Gasteiger partial charge in [-0.1, -0.05) is 24.3 Å². The van der Waals surface area contributed by atoms with E-state index in [4.69, 9.17) is 5.73 Å². The Morgan fingerprint density at radius 1 is 1.18 bits per heavy atom. The molecular formula is C13H19NO2S. The molecule has 1 aliphatic carbocycles. The Kier molecular flexibility index (Phi) is 2.64. The molecule has 0 aromatic heterocycles. The van der Waals surface area contributed by atoms with Crippen molar-refractivity contribution in [1.82, 2.24) is 0 Å². The van der Waals surface area contributed by atoms with E-state index in [-0.39, 0.29) is 5.54 Å². The van der Waals surface area contributed by atoms with Crippen molar-refractivity contribution in [2.75, 3.05) is 6.26 Å². The lowest BCUT2D eigenvalue weighted by Crippen LogP contribution is -2.28. The van der Waals surface area contributed by atoms with Crippen LogP contribution in [0.4, 0.5) is 0 Å². The Morgan fingerprint density at radius 2 is 1.65 bits per heavy atom. The van der Waals surface area contributed by atoms with Gasteiger partial charge < -0.3 is 5.73 Å². The van der Waals surface area contributed by atoms with Crippen molar-refractivity contribution >= 4 is 9.84 Å². The monoisotopic (exact) mass is 253 g/mol. The van der Waals surface area contributed by atoms with Crippen molar-refractivity contribution in [3.8, 4) is 0 Å². The maximum Gasteiger partial charge on any atom is 0.157 e. The molecule has 1 saturated carbocycles.